The average Bonchev–Trinajstić information content (AvgIpc) is 2.71. The zero-order valence-corrected chi connectivity index (χ0v) is 18.4. The summed E-state index contributed by atoms with van der Waals surface area (Å²) in [5, 5.41) is 8.55. The van der Waals surface area contributed by atoms with Crippen molar-refractivity contribution in [2.24, 2.45) is 5.41 Å². The molecule has 2 aromatic rings. The van der Waals surface area contributed by atoms with E-state index in [0.717, 1.165) is 24.5 Å². The van der Waals surface area contributed by atoms with Gasteiger partial charge < -0.3 is 21.4 Å². The molecule has 0 spiro atoms. The Hall–Kier alpha value is -2.51. The summed E-state index contributed by atoms with van der Waals surface area (Å²) in [7, 11) is 0. The summed E-state index contributed by atoms with van der Waals surface area (Å²) in [4.78, 5) is 41.9. The maximum absolute atomic E-state index is 11.4. The summed E-state index contributed by atoms with van der Waals surface area (Å²) >= 11 is 0. The minimum absolute atomic E-state index is 0. The van der Waals surface area contributed by atoms with Crippen LogP contribution in [-0.4, -0.2) is 33.3 Å². The molecule has 0 unspecified atom stereocenters. The van der Waals surface area contributed by atoms with E-state index in [9.17, 15) is 14.4 Å². The van der Waals surface area contributed by atoms with Crippen LogP contribution in [0.15, 0.2) is 48.8 Å². The normalized spacial score (nSPS) is 13.7. The Bertz CT molecular complexity index is 740. The molecule has 10 heteroatoms. The van der Waals surface area contributed by atoms with Gasteiger partial charge in [0.05, 0.1) is 16.8 Å². The van der Waals surface area contributed by atoms with E-state index >= 15 is 0 Å². The fraction of sp³-hybridized carbons (Fsp3) is 0.381. The number of pyridine rings is 2. The molecular weight excluding hydrogens is 493 g/mol. The first-order valence-corrected chi connectivity index (χ1v) is 9.14. The van der Waals surface area contributed by atoms with Crippen LogP contribution in [0.4, 0.5) is 4.79 Å². The van der Waals surface area contributed by atoms with Crippen molar-refractivity contribution in [1.29, 1.82) is 0 Å². The standard InChI is InChI=1S/C12H13N3.C8H12N2O3.CH4.H2O.Pd/c1-3-7-14-11(5-1)9-13-10-12-6-2-4-8-15-12;1-3-8(4-2)5(11)9-7(13)10-6(8)12;;;/h1-8,13H,9-10H2;3-4H2,1-2H3,(H2,9,10,11,12,13);1H4;1H2;/q;;;;+2/p-1. The molecule has 3 heterocycles. The van der Waals surface area contributed by atoms with Crippen LogP contribution in [0.1, 0.15) is 45.5 Å². The molecule has 0 atom stereocenters. The van der Waals surface area contributed by atoms with Crippen molar-refractivity contribution in [2.45, 2.75) is 47.2 Å². The van der Waals surface area contributed by atoms with Crippen LogP contribution in [-0.2, 0) is 43.1 Å². The van der Waals surface area contributed by atoms with E-state index in [0.29, 0.717) is 12.8 Å². The average molecular weight is 523 g/mol. The Balaban J connectivity index is 0. The van der Waals surface area contributed by atoms with Crippen LogP contribution < -0.4 is 10.6 Å². The molecule has 0 aromatic carbocycles. The minimum Gasteiger partial charge on any atom is -0.412 e. The molecule has 4 N–H and O–H groups in total. The molecule has 2 aromatic heterocycles. The molecule has 172 valence electrons. The molecule has 1 fully saturated rings. The molecule has 1 aliphatic heterocycles. The molecule has 3 rings (SSSR count). The zero-order valence-electron chi connectivity index (χ0n) is 16.8. The minimum atomic E-state index is -1.12. The first kappa shape index (κ1) is 30.7. The van der Waals surface area contributed by atoms with Gasteiger partial charge in [-0.25, -0.2) is 0 Å². The quantitative estimate of drug-likeness (QED) is 0.440. The zero-order chi connectivity index (χ0) is 20.4. The fourth-order valence-electron chi connectivity index (χ4n) is 2.74. The Morgan fingerprint density at radius 3 is 1.77 bits per heavy atom. The second kappa shape index (κ2) is 15.3. The van der Waals surface area contributed by atoms with Crippen molar-refractivity contribution in [3.8, 4) is 0 Å². The van der Waals surface area contributed by atoms with Gasteiger partial charge >= 0.3 is 20.4 Å². The molecule has 0 radical (unpaired) electrons. The Morgan fingerprint density at radius 2 is 1.42 bits per heavy atom. The molecule has 9 nitrogen and oxygen atoms in total. The summed E-state index contributed by atoms with van der Waals surface area (Å²) in [6.07, 6.45) is 4.34. The van der Waals surface area contributed by atoms with Gasteiger partial charge in [-0.2, -0.15) is 0 Å². The third-order valence-corrected chi connectivity index (χ3v) is 4.54. The number of barbiturate groups is 1. The number of aromatic nitrogens is 2. The van der Waals surface area contributed by atoms with Crippen molar-refractivity contribution < 1.29 is 40.3 Å². The van der Waals surface area contributed by atoms with E-state index in [1.54, 1.807) is 26.2 Å². The van der Waals surface area contributed by atoms with Crippen LogP contribution >= 0.6 is 0 Å². The second-order valence-corrected chi connectivity index (χ2v) is 6.21. The number of carbonyl (C=O) groups excluding carboxylic acids is 3. The molecular formula is C21H30N5O4Pd+. The fourth-order valence-corrected chi connectivity index (χ4v) is 2.74. The van der Waals surface area contributed by atoms with Crippen molar-refractivity contribution in [3.05, 3.63) is 65.5 Å². The maximum Gasteiger partial charge on any atom is 2.00 e. The van der Waals surface area contributed by atoms with Crippen LogP contribution in [0.2, 0.25) is 0 Å². The number of hydrogen-bond donors (Lipinski definition) is 2. The van der Waals surface area contributed by atoms with Gasteiger partial charge in [0.2, 0.25) is 0 Å². The van der Waals surface area contributed by atoms with E-state index in [2.05, 4.69) is 20.6 Å². The van der Waals surface area contributed by atoms with Gasteiger partial charge in [0, 0.05) is 25.5 Å². The van der Waals surface area contributed by atoms with E-state index in [1.165, 1.54) is 0 Å². The smallest absolute Gasteiger partial charge is 0.412 e. The number of nitrogens with one attached hydrogen (secondary N) is 2. The molecule has 1 saturated heterocycles. The summed E-state index contributed by atoms with van der Waals surface area (Å²) in [6.45, 7) is 5.01. The van der Waals surface area contributed by atoms with E-state index in [1.807, 2.05) is 41.7 Å². The Morgan fingerprint density at radius 1 is 0.935 bits per heavy atom. The summed E-state index contributed by atoms with van der Waals surface area (Å²) in [5.74, 6) is -1.14. The van der Waals surface area contributed by atoms with E-state index in [-0.39, 0.29) is 33.3 Å². The molecule has 0 saturated carbocycles. The van der Waals surface area contributed by atoms with Gasteiger partial charge in [-0.05, 0) is 37.1 Å². The monoisotopic (exact) mass is 522 g/mol. The van der Waals surface area contributed by atoms with E-state index in [4.69, 9.17) is 0 Å². The van der Waals surface area contributed by atoms with Crippen molar-refractivity contribution in [2.75, 3.05) is 0 Å². The number of rotatable bonds is 6. The predicted octanol–water partition coefficient (Wildman–Crippen LogP) is 2.52. The summed E-state index contributed by atoms with van der Waals surface area (Å²) in [5.41, 5.74) is 0.982. The number of carbonyl (C=O) groups is 3. The number of amides is 4. The Kier molecular flexibility index (Phi) is 15.2. The number of hydrogen-bond acceptors (Lipinski definition) is 6. The third kappa shape index (κ3) is 8.63. The van der Waals surface area contributed by atoms with Crippen molar-refractivity contribution in [1.82, 2.24) is 20.6 Å². The molecule has 31 heavy (non-hydrogen) atoms. The van der Waals surface area contributed by atoms with Gasteiger partial charge in [-0.1, -0.05) is 33.4 Å². The van der Waals surface area contributed by atoms with Crippen LogP contribution in [0.25, 0.3) is 5.32 Å². The number of nitrogens with zero attached hydrogens (tertiary/aromatic N) is 3. The van der Waals surface area contributed by atoms with E-state index < -0.39 is 23.3 Å². The van der Waals surface area contributed by atoms with Gasteiger partial charge in [0.1, 0.15) is 0 Å². The van der Waals surface area contributed by atoms with Gasteiger partial charge in [-0.15, -0.1) is 0 Å². The SMILES string of the molecule is C.CCC1(CC)C(=O)[N-]C(=O)NC1=O.O.[Pd+2].c1ccc(CNCc2ccccn2)nc1. The molecule has 4 amide bonds. The Labute approximate surface area is 196 Å². The van der Waals surface area contributed by atoms with Gasteiger partial charge in [0.15, 0.2) is 17.8 Å². The molecule has 0 bridgehead atoms. The third-order valence-electron chi connectivity index (χ3n) is 4.54. The second-order valence-electron chi connectivity index (χ2n) is 6.21. The first-order valence-electron chi connectivity index (χ1n) is 9.14. The maximum atomic E-state index is 11.4. The molecule has 0 aliphatic carbocycles. The van der Waals surface area contributed by atoms with Gasteiger partial charge in [0.25, 0.3) is 0 Å². The van der Waals surface area contributed by atoms with Gasteiger partial charge in [-0.3, -0.25) is 24.4 Å². The topological polar surface area (TPSA) is 147 Å². The largest absolute Gasteiger partial charge is 2.00 e. The molecule has 1 aliphatic rings. The van der Waals surface area contributed by atoms with Crippen LogP contribution in [0.5, 0.6) is 0 Å². The van der Waals surface area contributed by atoms with Crippen molar-refractivity contribution >= 4 is 17.8 Å². The van der Waals surface area contributed by atoms with Crippen LogP contribution in [0.3, 0.4) is 0 Å². The summed E-state index contributed by atoms with van der Waals surface area (Å²) in [6, 6.07) is 11.0. The number of imide groups is 2. The predicted molar refractivity (Wildman–Crippen MR) is 114 cm³/mol. The van der Waals surface area contributed by atoms with Crippen LogP contribution in [0, 0.1) is 5.41 Å². The first-order chi connectivity index (χ1) is 13.5. The number of urea groups is 1. The van der Waals surface area contributed by atoms with Crippen molar-refractivity contribution in [3.63, 3.8) is 0 Å². The summed E-state index contributed by atoms with van der Waals surface area (Å²) < 4.78 is 0.